The van der Waals surface area contributed by atoms with Crippen molar-refractivity contribution in [1.29, 1.82) is 0 Å². The molecular formula is C2H4N3O2+. The molecule has 0 aliphatic carbocycles. The highest BCUT2D eigenvalue weighted by Crippen LogP contribution is 1.70. The Morgan fingerprint density at radius 2 is 2.43 bits per heavy atom. The van der Waals surface area contributed by atoms with Crippen LogP contribution in [0.2, 0.25) is 0 Å². The van der Waals surface area contributed by atoms with Gasteiger partial charge in [0.2, 0.25) is 0 Å². The minimum Gasteiger partial charge on any atom is -0.267 e. The van der Waals surface area contributed by atoms with Crippen LogP contribution in [0.3, 0.4) is 0 Å². The third-order valence-electron chi connectivity index (χ3n) is 0.609. The number of rotatable bonds is 0. The highest BCUT2D eigenvalue weighted by Gasteiger charge is 2.22. The Kier molecular flexibility index (Phi) is 0.680. The van der Waals surface area contributed by atoms with Crippen LogP contribution in [0.25, 0.3) is 0 Å². The summed E-state index contributed by atoms with van der Waals surface area (Å²) in [6.07, 6.45) is 0. The van der Waals surface area contributed by atoms with E-state index in [2.05, 4.69) is 5.43 Å². The molecule has 2 N–H and O–H groups in total. The van der Waals surface area contributed by atoms with E-state index in [0.29, 0.717) is 0 Å². The van der Waals surface area contributed by atoms with Crippen LogP contribution in [0.1, 0.15) is 0 Å². The van der Waals surface area contributed by atoms with E-state index < -0.39 is 0 Å². The summed E-state index contributed by atoms with van der Waals surface area (Å²) in [5.74, 6) is -0.296. The molecule has 0 spiro atoms. The molecule has 1 fully saturated rings. The van der Waals surface area contributed by atoms with Crippen molar-refractivity contribution in [1.82, 2.24) is 10.9 Å². The van der Waals surface area contributed by atoms with Crippen LogP contribution in [-0.4, -0.2) is 17.4 Å². The first-order chi connectivity index (χ1) is 3.29. The number of nitrogens with zero attached hydrogens (tertiary/aromatic N) is 1. The number of carbonyl (C=O) groups excluding carboxylic acids is 1. The lowest BCUT2D eigenvalue weighted by Crippen LogP contribution is -2.25. The second-order valence-corrected chi connectivity index (χ2v) is 1.16. The third-order valence-corrected chi connectivity index (χ3v) is 0.609. The van der Waals surface area contributed by atoms with Crippen LogP contribution in [-0.2, 0) is 4.79 Å². The molecule has 0 aromatic carbocycles. The molecule has 1 saturated heterocycles. The second kappa shape index (κ2) is 1.18. The van der Waals surface area contributed by atoms with Crippen LogP contribution in [0, 0.1) is 4.91 Å². The topological polar surface area (TPSA) is 61.2 Å². The van der Waals surface area contributed by atoms with Gasteiger partial charge in [0.05, 0.1) is 4.91 Å². The summed E-state index contributed by atoms with van der Waals surface area (Å²) in [4.78, 5) is 20.2. The van der Waals surface area contributed by atoms with Crippen molar-refractivity contribution in [3.05, 3.63) is 4.91 Å². The van der Waals surface area contributed by atoms with Gasteiger partial charge in [0.25, 0.3) is 4.98 Å². The van der Waals surface area contributed by atoms with Crippen molar-refractivity contribution in [2.75, 3.05) is 6.54 Å². The smallest absolute Gasteiger partial charge is 0.267 e. The number of hydrogen-bond acceptors (Lipinski definition) is 2. The van der Waals surface area contributed by atoms with Crippen molar-refractivity contribution in [2.45, 2.75) is 0 Å². The summed E-state index contributed by atoms with van der Waals surface area (Å²) < 4.78 is 0. The summed E-state index contributed by atoms with van der Waals surface area (Å²) in [5.41, 5.74) is 4.13. The van der Waals surface area contributed by atoms with Crippen molar-refractivity contribution in [2.24, 2.45) is 0 Å². The summed E-state index contributed by atoms with van der Waals surface area (Å²) in [6, 6.07) is 0. The average Bonchev–Trinajstić information content (AvgIpc) is 1.87. The molecule has 0 saturated carbocycles. The van der Waals surface area contributed by atoms with E-state index in [1.807, 2.05) is 5.43 Å². The van der Waals surface area contributed by atoms with Crippen LogP contribution in [0.5, 0.6) is 0 Å². The first kappa shape index (κ1) is 4.04. The van der Waals surface area contributed by atoms with Gasteiger partial charge in [-0.3, -0.25) is 4.79 Å². The minimum atomic E-state index is -0.296. The number of hydrazine groups is 2. The molecule has 5 heteroatoms. The Balaban J connectivity index is 2.55. The van der Waals surface area contributed by atoms with Crippen LogP contribution >= 0.6 is 0 Å². The molecule has 0 unspecified atom stereocenters. The fraction of sp³-hybridized carbons (Fsp3) is 0.500. The maximum absolute atomic E-state index is 10.0. The Bertz CT molecular complexity index is 106. The van der Waals surface area contributed by atoms with E-state index in [1.54, 1.807) is 0 Å². The molecule has 38 valence electrons. The molecular weight excluding hydrogens is 98.0 g/mol. The molecule has 1 rings (SSSR count). The van der Waals surface area contributed by atoms with Crippen molar-refractivity contribution in [3.8, 4) is 0 Å². The van der Waals surface area contributed by atoms with Gasteiger partial charge in [-0.2, -0.15) is 0 Å². The number of amides is 1. The van der Waals surface area contributed by atoms with E-state index in [-0.39, 0.29) is 17.4 Å². The largest absolute Gasteiger partial charge is 0.306 e. The zero-order valence-corrected chi connectivity index (χ0v) is 3.47. The molecule has 0 aromatic rings. The summed E-state index contributed by atoms with van der Waals surface area (Å²) in [6.45, 7) is 0.0868. The molecule has 5 nitrogen and oxygen atoms in total. The van der Waals surface area contributed by atoms with Crippen molar-refractivity contribution >= 4 is 5.91 Å². The van der Waals surface area contributed by atoms with Gasteiger partial charge in [-0.1, -0.05) is 5.43 Å². The molecule has 1 amide bonds. The van der Waals surface area contributed by atoms with E-state index in [0.717, 1.165) is 0 Å². The van der Waals surface area contributed by atoms with Gasteiger partial charge in [-0.15, -0.1) is 5.43 Å². The SMILES string of the molecule is O=C1CN[N+](=O)N1. The van der Waals surface area contributed by atoms with E-state index >= 15 is 0 Å². The number of hydrogen-bond donors (Lipinski definition) is 2. The lowest BCUT2D eigenvalue weighted by Gasteiger charge is -1.67. The van der Waals surface area contributed by atoms with E-state index in [4.69, 9.17) is 0 Å². The number of nitroso groups, excluding NO2 is 1. The standard InChI is InChI=1S/C2H3N3O2/c6-2-1-3-5(7)4-2/h1H2,(H-,3,4,6,7)/p+1. The molecule has 0 bridgehead atoms. The molecule has 1 aliphatic heterocycles. The highest BCUT2D eigenvalue weighted by atomic mass is 16.4. The van der Waals surface area contributed by atoms with Gasteiger partial charge < -0.3 is 0 Å². The minimum absolute atomic E-state index is 0.0868. The van der Waals surface area contributed by atoms with Gasteiger partial charge in [0.15, 0.2) is 6.54 Å². The van der Waals surface area contributed by atoms with Gasteiger partial charge in [0, 0.05) is 0 Å². The maximum atomic E-state index is 10.0. The van der Waals surface area contributed by atoms with Crippen LogP contribution < -0.4 is 10.9 Å². The average molecular weight is 102 g/mol. The predicted molar refractivity (Wildman–Crippen MR) is 19.8 cm³/mol. The van der Waals surface area contributed by atoms with Crippen LogP contribution in [0.4, 0.5) is 0 Å². The number of nitrogens with one attached hydrogen (secondary N) is 2. The fourth-order valence-electron chi connectivity index (χ4n) is 0.336. The lowest BCUT2D eigenvalue weighted by atomic mass is 10.7. The molecule has 1 aliphatic rings. The fourth-order valence-corrected chi connectivity index (χ4v) is 0.336. The van der Waals surface area contributed by atoms with Gasteiger partial charge in [0.1, 0.15) is 0 Å². The zero-order valence-electron chi connectivity index (χ0n) is 3.47. The van der Waals surface area contributed by atoms with E-state index in [1.165, 1.54) is 0 Å². The zero-order chi connectivity index (χ0) is 5.28. The van der Waals surface area contributed by atoms with Gasteiger partial charge in [-0.05, 0) is 0 Å². The summed E-state index contributed by atoms with van der Waals surface area (Å²) in [7, 11) is 0. The molecule has 0 atom stereocenters. The Morgan fingerprint density at radius 1 is 1.71 bits per heavy atom. The lowest BCUT2D eigenvalue weighted by molar-refractivity contribution is -0.632. The number of carbonyl (C=O) groups is 1. The normalized spacial score (nSPS) is 18.9. The van der Waals surface area contributed by atoms with Crippen molar-refractivity contribution < 1.29 is 9.77 Å². The monoisotopic (exact) mass is 102 g/mol. The maximum Gasteiger partial charge on any atom is 0.306 e. The summed E-state index contributed by atoms with van der Waals surface area (Å²) >= 11 is 0. The molecule has 0 aromatic heterocycles. The predicted octanol–water partition coefficient (Wildman–Crippen LogP) is -1.69. The van der Waals surface area contributed by atoms with E-state index in [9.17, 15) is 9.70 Å². The quantitative estimate of drug-likeness (QED) is 0.359. The Morgan fingerprint density at radius 3 is 2.57 bits per heavy atom. The van der Waals surface area contributed by atoms with Crippen LogP contribution in [0.15, 0.2) is 0 Å². The second-order valence-electron chi connectivity index (χ2n) is 1.16. The first-order valence-corrected chi connectivity index (χ1v) is 1.79. The van der Waals surface area contributed by atoms with Crippen molar-refractivity contribution in [3.63, 3.8) is 0 Å². The molecule has 7 heavy (non-hydrogen) atoms. The Labute approximate surface area is 39.2 Å². The first-order valence-electron chi connectivity index (χ1n) is 1.79. The third kappa shape index (κ3) is 0.648. The Hall–Kier alpha value is -1.13. The van der Waals surface area contributed by atoms with Gasteiger partial charge in [-0.25, -0.2) is 0 Å². The molecule has 1 heterocycles. The highest BCUT2D eigenvalue weighted by molar-refractivity contribution is 5.77. The van der Waals surface area contributed by atoms with Gasteiger partial charge >= 0.3 is 5.91 Å². The summed E-state index contributed by atoms with van der Waals surface area (Å²) in [5, 5.41) is 0. The molecule has 0 radical (unpaired) electrons.